The molecular weight excluding hydrogens is 254 g/mol. The predicted octanol–water partition coefficient (Wildman–Crippen LogP) is 3.40. The molecule has 0 aliphatic heterocycles. The van der Waals surface area contributed by atoms with E-state index in [2.05, 4.69) is 4.98 Å². The molecule has 1 aromatic carbocycles. The van der Waals surface area contributed by atoms with Crippen molar-refractivity contribution in [2.24, 2.45) is 0 Å². The van der Waals surface area contributed by atoms with Gasteiger partial charge in [0.2, 0.25) is 0 Å². The fourth-order valence-corrected chi connectivity index (χ4v) is 1.58. The lowest BCUT2D eigenvalue weighted by molar-refractivity contribution is 0.0734. The molecule has 4 heteroatoms. The molecule has 0 bridgehead atoms. The Morgan fingerprint density at radius 3 is 2.40 bits per heavy atom. The molecule has 104 valence electrons. The highest BCUT2D eigenvalue weighted by Crippen LogP contribution is 2.18. The van der Waals surface area contributed by atoms with Crippen molar-refractivity contribution in [1.29, 1.82) is 0 Å². The molecule has 2 rings (SSSR count). The number of pyridine rings is 1. The molecule has 1 aromatic heterocycles. The molecule has 2 aromatic rings. The summed E-state index contributed by atoms with van der Waals surface area (Å²) in [6, 6.07) is 10.5. The summed E-state index contributed by atoms with van der Waals surface area (Å²) in [7, 11) is 0. The molecule has 20 heavy (non-hydrogen) atoms. The van der Waals surface area contributed by atoms with E-state index in [9.17, 15) is 4.79 Å². The Labute approximate surface area is 118 Å². The molecule has 0 aliphatic rings. The van der Waals surface area contributed by atoms with Crippen molar-refractivity contribution >= 4 is 5.97 Å². The van der Waals surface area contributed by atoms with E-state index in [1.165, 1.54) is 6.20 Å². The monoisotopic (exact) mass is 271 g/mol. The molecular formula is C16H17NO3. The third-order valence-corrected chi connectivity index (χ3v) is 2.65. The van der Waals surface area contributed by atoms with Gasteiger partial charge in [0.05, 0.1) is 12.2 Å². The first-order chi connectivity index (χ1) is 9.69. The summed E-state index contributed by atoms with van der Waals surface area (Å²) >= 11 is 0. The van der Waals surface area contributed by atoms with E-state index in [1.807, 2.05) is 13.8 Å². The van der Waals surface area contributed by atoms with Crippen LogP contribution in [0.25, 0.3) is 0 Å². The fraction of sp³-hybridized carbons (Fsp3) is 0.250. The van der Waals surface area contributed by atoms with Gasteiger partial charge in [0, 0.05) is 11.9 Å². The van der Waals surface area contributed by atoms with Crippen LogP contribution in [-0.2, 0) is 0 Å². The molecule has 0 saturated heterocycles. The Kier molecular flexibility index (Phi) is 4.71. The third-order valence-electron chi connectivity index (χ3n) is 2.65. The van der Waals surface area contributed by atoms with E-state index < -0.39 is 5.97 Å². The van der Waals surface area contributed by atoms with Gasteiger partial charge in [0.25, 0.3) is 0 Å². The van der Waals surface area contributed by atoms with Crippen molar-refractivity contribution in [2.45, 2.75) is 20.3 Å². The number of esters is 1. The van der Waals surface area contributed by atoms with Gasteiger partial charge in [-0.15, -0.1) is 0 Å². The van der Waals surface area contributed by atoms with Crippen LogP contribution in [0.1, 0.15) is 29.4 Å². The highest BCUT2D eigenvalue weighted by Gasteiger charge is 2.08. The molecule has 0 fully saturated rings. The summed E-state index contributed by atoms with van der Waals surface area (Å²) in [6.45, 7) is 4.59. The quantitative estimate of drug-likeness (QED) is 0.617. The molecule has 4 nitrogen and oxygen atoms in total. The number of aryl methyl sites for hydroxylation is 1. The summed E-state index contributed by atoms with van der Waals surface area (Å²) < 4.78 is 10.7. The van der Waals surface area contributed by atoms with Crippen LogP contribution in [0.2, 0.25) is 0 Å². The standard InChI is InChI=1S/C16H17NO3/c1-3-10-19-14-6-8-15(9-7-14)20-16(18)13-5-4-12(2)17-11-13/h4-9,11H,3,10H2,1-2H3. The number of carbonyl (C=O) groups excluding carboxylic acids is 1. The minimum Gasteiger partial charge on any atom is -0.494 e. The maximum Gasteiger partial charge on any atom is 0.345 e. The molecule has 0 amide bonds. The van der Waals surface area contributed by atoms with E-state index in [0.717, 1.165) is 17.9 Å². The smallest absolute Gasteiger partial charge is 0.345 e. The minimum absolute atomic E-state index is 0.417. The van der Waals surface area contributed by atoms with Crippen LogP contribution in [0.5, 0.6) is 11.5 Å². The maximum atomic E-state index is 11.9. The van der Waals surface area contributed by atoms with Crippen LogP contribution in [0.3, 0.4) is 0 Å². The summed E-state index contributed by atoms with van der Waals surface area (Å²) in [5.74, 6) is 0.836. The highest BCUT2D eigenvalue weighted by atomic mass is 16.5. The van der Waals surface area contributed by atoms with Crippen molar-refractivity contribution in [2.75, 3.05) is 6.61 Å². The van der Waals surface area contributed by atoms with E-state index in [0.29, 0.717) is 17.9 Å². The third kappa shape index (κ3) is 3.82. The van der Waals surface area contributed by atoms with Gasteiger partial charge in [0.15, 0.2) is 0 Å². The van der Waals surface area contributed by atoms with Gasteiger partial charge in [-0.2, -0.15) is 0 Å². The van der Waals surface area contributed by atoms with Gasteiger partial charge in [-0.1, -0.05) is 6.92 Å². The van der Waals surface area contributed by atoms with E-state index in [-0.39, 0.29) is 0 Å². The minimum atomic E-state index is -0.417. The largest absolute Gasteiger partial charge is 0.494 e. The molecule has 0 aliphatic carbocycles. The Hall–Kier alpha value is -2.36. The first-order valence-electron chi connectivity index (χ1n) is 6.56. The van der Waals surface area contributed by atoms with Crippen LogP contribution in [0.4, 0.5) is 0 Å². The second kappa shape index (κ2) is 6.70. The topological polar surface area (TPSA) is 48.4 Å². The number of rotatable bonds is 5. The summed E-state index contributed by atoms with van der Waals surface area (Å²) in [4.78, 5) is 16.0. The molecule has 0 spiro atoms. The predicted molar refractivity (Wildman–Crippen MR) is 76.2 cm³/mol. The van der Waals surface area contributed by atoms with Crippen molar-refractivity contribution in [3.05, 3.63) is 53.9 Å². The maximum absolute atomic E-state index is 11.9. The molecule has 0 atom stereocenters. The summed E-state index contributed by atoms with van der Waals surface area (Å²) in [5.41, 5.74) is 1.29. The number of benzene rings is 1. The number of nitrogens with zero attached hydrogens (tertiary/aromatic N) is 1. The first kappa shape index (κ1) is 14.1. The number of ether oxygens (including phenoxy) is 2. The van der Waals surface area contributed by atoms with E-state index in [1.54, 1.807) is 36.4 Å². The van der Waals surface area contributed by atoms with Crippen molar-refractivity contribution in [3.63, 3.8) is 0 Å². The Morgan fingerprint density at radius 1 is 1.10 bits per heavy atom. The van der Waals surface area contributed by atoms with Gasteiger partial charge >= 0.3 is 5.97 Å². The van der Waals surface area contributed by atoms with E-state index >= 15 is 0 Å². The SMILES string of the molecule is CCCOc1ccc(OC(=O)c2ccc(C)nc2)cc1. The highest BCUT2D eigenvalue weighted by molar-refractivity contribution is 5.90. The first-order valence-corrected chi connectivity index (χ1v) is 6.56. The lowest BCUT2D eigenvalue weighted by atomic mass is 10.2. The second-order valence-corrected chi connectivity index (χ2v) is 4.40. The zero-order valence-corrected chi connectivity index (χ0v) is 11.6. The van der Waals surface area contributed by atoms with Crippen molar-refractivity contribution in [3.8, 4) is 11.5 Å². The fourth-order valence-electron chi connectivity index (χ4n) is 1.58. The van der Waals surface area contributed by atoms with Crippen LogP contribution >= 0.6 is 0 Å². The molecule has 0 unspecified atom stereocenters. The van der Waals surface area contributed by atoms with Gasteiger partial charge in [-0.3, -0.25) is 4.98 Å². The summed E-state index contributed by atoms with van der Waals surface area (Å²) in [5, 5.41) is 0. The van der Waals surface area contributed by atoms with Gasteiger partial charge < -0.3 is 9.47 Å². The van der Waals surface area contributed by atoms with Crippen LogP contribution in [-0.4, -0.2) is 17.6 Å². The van der Waals surface area contributed by atoms with Crippen molar-refractivity contribution < 1.29 is 14.3 Å². The Balaban J connectivity index is 1.99. The van der Waals surface area contributed by atoms with Gasteiger partial charge in [0.1, 0.15) is 11.5 Å². The molecule has 0 radical (unpaired) electrons. The average molecular weight is 271 g/mol. The average Bonchev–Trinajstić information content (AvgIpc) is 2.47. The van der Waals surface area contributed by atoms with Crippen LogP contribution < -0.4 is 9.47 Å². The number of hydrogen-bond acceptors (Lipinski definition) is 4. The molecule has 1 heterocycles. The number of carbonyl (C=O) groups is 1. The lowest BCUT2D eigenvalue weighted by Gasteiger charge is -2.07. The Morgan fingerprint density at radius 2 is 1.80 bits per heavy atom. The normalized spacial score (nSPS) is 10.1. The lowest BCUT2D eigenvalue weighted by Crippen LogP contribution is -2.08. The second-order valence-electron chi connectivity index (χ2n) is 4.40. The zero-order chi connectivity index (χ0) is 14.4. The summed E-state index contributed by atoms with van der Waals surface area (Å²) in [6.07, 6.45) is 2.47. The Bertz CT molecular complexity index is 561. The molecule has 0 N–H and O–H groups in total. The van der Waals surface area contributed by atoms with Gasteiger partial charge in [-0.25, -0.2) is 4.79 Å². The number of aromatic nitrogens is 1. The van der Waals surface area contributed by atoms with Crippen LogP contribution in [0.15, 0.2) is 42.6 Å². The van der Waals surface area contributed by atoms with Gasteiger partial charge in [-0.05, 0) is 49.7 Å². The molecule has 0 saturated carbocycles. The number of hydrogen-bond donors (Lipinski definition) is 0. The van der Waals surface area contributed by atoms with E-state index in [4.69, 9.17) is 9.47 Å². The van der Waals surface area contributed by atoms with Crippen LogP contribution in [0, 0.1) is 6.92 Å². The zero-order valence-electron chi connectivity index (χ0n) is 11.6. The van der Waals surface area contributed by atoms with Crippen molar-refractivity contribution in [1.82, 2.24) is 4.98 Å².